The fraction of sp³-hybridized carbons (Fsp3) is 0.308. The minimum atomic E-state index is 0.0539. The molecule has 0 bridgehead atoms. The second-order valence-electron chi connectivity index (χ2n) is 7.40. The predicted octanol–water partition coefficient (Wildman–Crippen LogP) is 5.98. The molecular formula is C26H36N2O. The highest BCUT2D eigenvalue weighted by atomic mass is 16.3. The number of nitrogens with zero attached hydrogens (tertiary/aromatic N) is 1. The van der Waals surface area contributed by atoms with Gasteiger partial charge in [0.2, 0.25) is 0 Å². The van der Waals surface area contributed by atoms with Gasteiger partial charge in [-0.15, -0.1) is 0 Å². The molecule has 0 aliphatic heterocycles. The lowest BCUT2D eigenvalue weighted by atomic mass is 10.1. The number of benzene rings is 1. The Hall–Kier alpha value is -2.62. The largest absolute Gasteiger partial charge is 0.392 e. The van der Waals surface area contributed by atoms with Crippen molar-refractivity contribution in [3.05, 3.63) is 108 Å². The molecule has 29 heavy (non-hydrogen) atoms. The number of hydrogen-bond donors (Lipinski definition) is 2. The lowest BCUT2D eigenvalue weighted by molar-refractivity contribution is 0.281. The van der Waals surface area contributed by atoms with E-state index in [4.69, 9.17) is 5.84 Å². The number of aliphatic hydroxyl groups is 1. The van der Waals surface area contributed by atoms with Gasteiger partial charge in [-0.25, -0.2) is 5.84 Å². The van der Waals surface area contributed by atoms with Crippen LogP contribution in [0.15, 0.2) is 96.8 Å². The van der Waals surface area contributed by atoms with E-state index in [2.05, 4.69) is 63.8 Å². The maximum Gasteiger partial charge on any atom is 0.0681 e. The summed E-state index contributed by atoms with van der Waals surface area (Å²) in [5, 5.41) is 11.0. The van der Waals surface area contributed by atoms with Gasteiger partial charge in [0, 0.05) is 12.1 Å². The minimum Gasteiger partial charge on any atom is -0.392 e. The van der Waals surface area contributed by atoms with Gasteiger partial charge in [-0.05, 0) is 30.4 Å². The van der Waals surface area contributed by atoms with Gasteiger partial charge in [0.1, 0.15) is 0 Å². The van der Waals surface area contributed by atoms with Crippen molar-refractivity contribution in [1.29, 1.82) is 0 Å². The molecule has 0 radical (unpaired) electrons. The molecule has 0 heterocycles. The average Bonchev–Trinajstić information content (AvgIpc) is 2.70. The molecule has 3 heteroatoms. The first-order valence-corrected chi connectivity index (χ1v) is 10.1. The number of nitrogens with two attached hydrogens (primary N) is 1. The maximum atomic E-state index is 9.20. The summed E-state index contributed by atoms with van der Waals surface area (Å²) in [4.78, 5) is 0. The van der Waals surface area contributed by atoms with E-state index in [0.29, 0.717) is 12.5 Å². The molecule has 0 spiro atoms. The lowest BCUT2D eigenvalue weighted by Gasteiger charge is -2.22. The summed E-state index contributed by atoms with van der Waals surface area (Å²) in [5.41, 5.74) is 4.35. The van der Waals surface area contributed by atoms with E-state index in [0.717, 1.165) is 29.7 Å². The molecule has 1 aromatic carbocycles. The third kappa shape index (κ3) is 11.1. The molecule has 0 saturated carbocycles. The third-order valence-electron chi connectivity index (χ3n) is 4.29. The SMILES string of the molecule is C=C/C=C\C=C(/C)C/C=C(/C/C=C\C=C/C(C)C)N(N)Cc1ccc(CO)cc1. The van der Waals surface area contributed by atoms with Crippen molar-refractivity contribution in [3.63, 3.8) is 0 Å². The molecule has 0 aliphatic carbocycles. The van der Waals surface area contributed by atoms with Crippen LogP contribution in [-0.2, 0) is 13.2 Å². The van der Waals surface area contributed by atoms with E-state index in [-0.39, 0.29) is 6.61 Å². The Balaban J connectivity index is 2.88. The smallest absolute Gasteiger partial charge is 0.0681 e. The van der Waals surface area contributed by atoms with Gasteiger partial charge in [0.25, 0.3) is 0 Å². The lowest BCUT2D eigenvalue weighted by Crippen LogP contribution is -2.29. The van der Waals surface area contributed by atoms with E-state index < -0.39 is 0 Å². The predicted molar refractivity (Wildman–Crippen MR) is 126 cm³/mol. The average molecular weight is 393 g/mol. The summed E-state index contributed by atoms with van der Waals surface area (Å²) in [7, 11) is 0. The van der Waals surface area contributed by atoms with Crippen molar-refractivity contribution in [2.24, 2.45) is 11.8 Å². The summed E-state index contributed by atoms with van der Waals surface area (Å²) in [5.74, 6) is 6.95. The molecule has 0 saturated heterocycles. The number of rotatable bonds is 12. The van der Waals surface area contributed by atoms with E-state index in [1.54, 1.807) is 11.1 Å². The van der Waals surface area contributed by atoms with Crippen LogP contribution in [0.5, 0.6) is 0 Å². The highest BCUT2D eigenvalue weighted by Crippen LogP contribution is 2.15. The number of aliphatic hydroxyl groups excluding tert-OH is 1. The van der Waals surface area contributed by atoms with E-state index >= 15 is 0 Å². The molecule has 0 aliphatic rings. The Bertz CT molecular complexity index is 749. The van der Waals surface area contributed by atoms with E-state index in [1.807, 2.05) is 36.4 Å². The minimum absolute atomic E-state index is 0.0539. The Morgan fingerprint density at radius 3 is 2.38 bits per heavy atom. The first-order valence-electron chi connectivity index (χ1n) is 10.1. The van der Waals surface area contributed by atoms with Crippen molar-refractivity contribution in [2.75, 3.05) is 0 Å². The Labute approximate surface area is 176 Å². The summed E-state index contributed by atoms with van der Waals surface area (Å²) in [6.45, 7) is 10.8. The van der Waals surface area contributed by atoms with Gasteiger partial charge in [-0.3, -0.25) is 0 Å². The monoisotopic (exact) mass is 392 g/mol. The number of hydrogen-bond acceptors (Lipinski definition) is 3. The molecule has 0 unspecified atom stereocenters. The molecule has 0 amide bonds. The number of allylic oxidation sites excluding steroid dienone is 10. The molecule has 0 atom stereocenters. The zero-order chi connectivity index (χ0) is 21.5. The Morgan fingerprint density at radius 1 is 1.07 bits per heavy atom. The molecule has 1 rings (SSSR count). The molecule has 156 valence electrons. The highest BCUT2D eigenvalue weighted by Gasteiger charge is 2.06. The van der Waals surface area contributed by atoms with Crippen LogP contribution in [0.4, 0.5) is 0 Å². The van der Waals surface area contributed by atoms with Gasteiger partial charge in [-0.2, -0.15) is 0 Å². The first kappa shape index (κ1) is 24.4. The summed E-state index contributed by atoms with van der Waals surface area (Å²) in [6.07, 6.45) is 20.0. The topological polar surface area (TPSA) is 49.5 Å². The zero-order valence-electron chi connectivity index (χ0n) is 18.1. The molecular weight excluding hydrogens is 356 g/mol. The zero-order valence-corrected chi connectivity index (χ0v) is 18.1. The Kier molecular flexibility index (Phi) is 12.1. The normalized spacial score (nSPS) is 13.3. The van der Waals surface area contributed by atoms with Crippen molar-refractivity contribution in [1.82, 2.24) is 5.01 Å². The van der Waals surface area contributed by atoms with Crippen LogP contribution in [0.2, 0.25) is 0 Å². The third-order valence-corrected chi connectivity index (χ3v) is 4.29. The summed E-state index contributed by atoms with van der Waals surface area (Å²) >= 11 is 0. The van der Waals surface area contributed by atoms with Crippen LogP contribution in [0.3, 0.4) is 0 Å². The van der Waals surface area contributed by atoms with E-state index in [9.17, 15) is 5.11 Å². The van der Waals surface area contributed by atoms with Gasteiger partial charge in [0.05, 0.1) is 13.2 Å². The quantitative estimate of drug-likeness (QED) is 0.261. The van der Waals surface area contributed by atoms with Crippen LogP contribution in [0, 0.1) is 5.92 Å². The first-order chi connectivity index (χ1) is 14.0. The van der Waals surface area contributed by atoms with Crippen LogP contribution in [0.1, 0.15) is 44.7 Å². The Morgan fingerprint density at radius 2 is 1.76 bits per heavy atom. The van der Waals surface area contributed by atoms with Gasteiger partial charge < -0.3 is 10.1 Å². The maximum absolute atomic E-state index is 9.20. The van der Waals surface area contributed by atoms with Crippen molar-refractivity contribution in [3.8, 4) is 0 Å². The summed E-state index contributed by atoms with van der Waals surface area (Å²) in [6, 6.07) is 7.88. The van der Waals surface area contributed by atoms with Crippen LogP contribution < -0.4 is 5.84 Å². The van der Waals surface area contributed by atoms with E-state index in [1.165, 1.54) is 5.57 Å². The molecule has 0 aromatic heterocycles. The van der Waals surface area contributed by atoms with Crippen LogP contribution in [-0.4, -0.2) is 10.1 Å². The summed E-state index contributed by atoms with van der Waals surface area (Å²) < 4.78 is 0. The molecule has 3 nitrogen and oxygen atoms in total. The van der Waals surface area contributed by atoms with Gasteiger partial charge in [-0.1, -0.05) is 105 Å². The van der Waals surface area contributed by atoms with Gasteiger partial charge >= 0.3 is 0 Å². The fourth-order valence-electron chi connectivity index (χ4n) is 2.57. The molecule has 0 fully saturated rings. The highest BCUT2D eigenvalue weighted by molar-refractivity contribution is 5.23. The molecule has 3 N–H and O–H groups in total. The van der Waals surface area contributed by atoms with Crippen LogP contribution >= 0.6 is 0 Å². The molecule has 1 aromatic rings. The van der Waals surface area contributed by atoms with Gasteiger partial charge in [0.15, 0.2) is 0 Å². The van der Waals surface area contributed by atoms with Crippen molar-refractivity contribution < 1.29 is 5.11 Å². The second-order valence-corrected chi connectivity index (χ2v) is 7.40. The van der Waals surface area contributed by atoms with Crippen molar-refractivity contribution in [2.45, 2.75) is 46.8 Å². The second kappa shape index (κ2) is 14.4. The van der Waals surface area contributed by atoms with Crippen molar-refractivity contribution >= 4 is 0 Å². The van der Waals surface area contributed by atoms with Crippen LogP contribution in [0.25, 0.3) is 0 Å². The fourth-order valence-corrected chi connectivity index (χ4v) is 2.57. The number of hydrazine groups is 1. The standard InChI is InChI=1S/C26H36N2O/c1-5-6-8-12-23(4)14-19-26(13-10-7-9-11-22(2)3)28(27)20-24-15-17-25(21-29)18-16-24/h5-12,15-19,22,29H,1,13-14,20-21,27H2,2-4H3/b8-6-,10-7-,11-9-,23-12+,26-19-.